The Morgan fingerprint density at radius 3 is 2.59 bits per heavy atom. The topological polar surface area (TPSA) is 50.8 Å². The molecule has 1 amide bonds. The maximum Gasteiger partial charge on any atom is 0.243 e. The summed E-state index contributed by atoms with van der Waals surface area (Å²) in [5, 5.41) is 5.28. The normalized spacial score (nSPS) is 13.1. The molecule has 138 valence electrons. The smallest absolute Gasteiger partial charge is 0.243 e. The quantitative estimate of drug-likeness (QED) is 0.760. The molecule has 0 fully saturated rings. The number of carbonyl (C=O) groups is 1. The van der Waals surface area contributed by atoms with Crippen LogP contribution in [-0.4, -0.2) is 32.7 Å². The predicted molar refractivity (Wildman–Crippen MR) is 108 cm³/mol. The molecule has 5 nitrogen and oxygen atoms in total. The van der Waals surface area contributed by atoms with Crippen molar-refractivity contribution < 1.29 is 14.3 Å². The zero-order valence-corrected chi connectivity index (χ0v) is 15.3. The third-order valence-corrected chi connectivity index (χ3v) is 4.59. The van der Waals surface area contributed by atoms with E-state index in [2.05, 4.69) is 29.6 Å². The summed E-state index contributed by atoms with van der Waals surface area (Å²) in [4.78, 5) is 14.4. The monoisotopic (exact) mass is 362 g/mol. The maximum absolute atomic E-state index is 12.5. The number of rotatable bonds is 4. The molecule has 1 aliphatic rings. The van der Waals surface area contributed by atoms with Crippen molar-refractivity contribution >= 4 is 28.1 Å². The second kappa shape index (κ2) is 7.58. The van der Waals surface area contributed by atoms with Crippen LogP contribution in [0.4, 0.5) is 11.4 Å². The SMILES string of the molecule is CN(CC(=O)Nc1ccc2c(c1)OCCCO2)c1ccc2ccccc2c1. The first-order chi connectivity index (χ1) is 13.2. The first kappa shape index (κ1) is 17.2. The first-order valence-corrected chi connectivity index (χ1v) is 9.08. The summed E-state index contributed by atoms with van der Waals surface area (Å²) >= 11 is 0. The summed E-state index contributed by atoms with van der Waals surface area (Å²) in [6.45, 7) is 1.52. The van der Waals surface area contributed by atoms with Gasteiger partial charge in [0.05, 0.1) is 19.8 Å². The molecule has 3 aromatic rings. The highest BCUT2D eigenvalue weighted by Gasteiger charge is 2.13. The molecule has 27 heavy (non-hydrogen) atoms. The molecule has 0 unspecified atom stereocenters. The van der Waals surface area contributed by atoms with Gasteiger partial charge in [-0.1, -0.05) is 30.3 Å². The molecular formula is C22H22N2O3. The minimum absolute atomic E-state index is 0.0832. The Hall–Kier alpha value is -3.21. The number of carbonyl (C=O) groups excluding carboxylic acids is 1. The lowest BCUT2D eigenvalue weighted by atomic mass is 10.1. The number of hydrogen-bond donors (Lipinski definition) is 1. The summed E-state index contributed by atoms with van der Waals surface area (Å²) < 4.78 is 11.3. The van der Waals surface area contributed by atoms with E-state index in [1.165, 1.54) is 5.39 Å². The van der Waals surface area contributed by atoms with Crippen LogP contribution in [0.25, 0.3) is 10.8 Å². The molecule has 0 saturated heterocycles. The Morgan fingerprint density at radius 1 is 0.963 bits per heavy atom. The fraction of sp³-hybridized carbons (Fsp3) is 0.227. The van der Waals surface area contributed by atoms with Gasteiger partial charge in [0.15, 0.2) is 11.5 Å². The number of hydrogen-bond acceptors (Lipinski definition) is 4. The van der Waals surface area contributed by atoms with Gasteiger partial charge in [0.1, 0.15) is 0 Å². The first-order valence-electron chi connectivity index (χ1n) is 9.08. The van der Waals surface area contributed by atoms with Crippen molar-refractivity contribution in [1.29, 1.82) is 0 Å². The largest absolute Gasteiger partial charge is 0.490 e. The fourth-order valence-electron chi connectivity index (χ4n) is 3.16. The van der Waals surface area contributed by atoms with E-state index in [0.29, 0.717) is 24.7 Å². The van der Waals surface area contributed by atoms with Gasteiger partial charge < -0.3 is 19.7 Å². The zero-order chi connectivity index (χ0) is 18.6. The highest BCUT2D eigenvalue weighted by Crippen LogP contribution is 2.32. The molecule has 1 aliphatic heterocycles. The van der Waals surface area contributed by atoms with Crippen LogP contribution in [0.1, 0.15) is 6.42 Å². The Kier molecular flexibility index (Phi) is 4.83. The van der Waals surface area contributed by atoms with E-state index in [9.17, 15) is 4.79 Å². The van der Waals surface area contributed by atoms with Crippen molar-refractivity contribution in [1.82, 2.24) is 0 Å². The Bertz CT molecular complexity index is 971. The van der Waals surface area contributed by atoms with Crippen molar-refractivity contribution in [3.63, 3.8) is 0 Å². The van der Waals surface area contributed by atoms with Gasteiger partial charge in [0.2, 0.25) is 5.91 Å². The lowest BCUT2D eigenvalue weighted by Crippen LogP contribution is -2.30. The van der Waals surface area contributed by atoms with E-state index in [1.807, 2.05) is 48.3 Å². The summed E-state index contributed by atoms with van der Waals surface area (Å²) in [6, 6.07) is 19.9. The van der Waals surface area contributed by atoms with Crippen LogP contribution in [0.3, 0.4) is 0 Å². The molecule has 3 aromatic carbocycles. The molecule has 0 bridgehead atoms. The molecule has 0 aliphatic carbocycles. The van der Waals surface area contributed by atoms with Gasteiger partial charge in [-0.15, -0.1) is 0 Å². The van der Waals surface area contributed by atoms with Crippen molar-refractivity contribution in [2.75, 3.05) is 37.0 Å². The van der Waals surface area contributed by atoms with Crippen molar-refractivity contribution in [3.8, 4) is 11.5 Å². The molecule has 0 saturated carbocycles. The van der Waals surface area contributed by atoms with Gasteiger partial charge in [-0.25, -0.2) is 0 Å². The van der Waals surface area contributed by atoms with Crippen LogP contribution in [0.15, 0.2) is 60.7 Å². The number of amides is 1. The number of ether oxygens (including phenoxy) is 2. The van der Waals surface area contributed by atoms with E-state index >= 15 is 0 Å². The Labute approximate surface area is 158 Å². The Morgan fingerprint density at radius 2 is 1.74 bits per heavy atom. The number of anilines is 2. The molecule has 5 heteroatoms. The van der Waals surface area contributed by atoms with Crippen LogP contribution >= 0.6 is 0 Å². The third kappa shape index (κ3) is 3.97. The molecule has 0 atom stereocenters. The fourth-order valence-corrected chi connectivity index (χ4v) is 3.16. The number of likely N-dealkylation sites (N-methyl/N-ethyl adjacent to an activating group) is 1. The summed E-state index contributed by atoms with van der Waals surface area (Å²) in [5.41, 5.74) is 1.71. The minimum atomic E-state index is -0.0832. The van der Waals surface area contributed by atoms with E-state index < -0.39 is 0 Å². The molecular weight excluding hydrogens is 340 g/mol. The lowest BCUT2D eigenvalue weighted by Gasteiger charge is -2.19. The van der Waals surface area contributed by atoms with E-state index in [0.717, 1.165) is 23.2 Å². The van der Waals surface area contributed by atoms with E-state index in [1.54, 1.807) is 0 Å². The van der Waals surface area contributed by atoms with Gasteiger partial charge in [-0.2, -0.15) is 0 Å². The molecule has 4 rings (SSSR count). The summed E-state index contributed by atoms with van der Waals surface area (Å²) in [7, 11) is 1.91. The van der Waals surface area contributed by atoms with Crippen molar-refractivity contribution in [3.05, 3.63) is 60.7 Å². The standard InChI is InChI=1S/C22H22N2O3/c1-24(19-9-7-16-5-2-3-6-17(16)13-19)15-22(25)23-18-8-10-20-21(14-18)27-12-4-11-26-20/h2-3,5-10,13-14H,4,11-12,15H2,1H3,(H,23,25). The van der Waals surface area contributed by atoms with E-state index in [4.69, 9.17) is 9.47 Å². The summed E-state index contributed by atoms with van der Waals surface area (Å²) in [5.74, 6) is 1.31. The molecule has 1 heterocycles. The van der Waals surface area contributed by atoms with Crippen LogP contribution in [0.5, 0.6) is 11.5 Å². The number of fused-ring (bicyclic) bond motifs is 2. The van der Waals surface area contributed by atoms with Crippen LogP contribution in [0.2, 0.25) is 0 Å². The zero-order valence-electron chi connectivity index (χ0n) is 15.3. The Balaban J connectivity index is 1.43. The maximum atomic E-state index is 12.5. The highest BCUT2D eigenvalue weighted by molar-refractivity contribution is 5.95. The van der Waals surface area contributed by atoms with Gasteiger partial charge in [0.25, 0.3) is 0 Å². The second-order valence-corrected chi connectivity index (χ2v) is 6.65. The molecule has 0 aromatic heterocycles. The number of benzene rings is 3. The molecule has 0 radical (unpaired) electrons. The number of nitrogens with one attached hydrogen (secondary N) is 1. The van der Waals surface area contributed by atoms with E-state index in [-0.39, 0.29) is 12.5 Å². The third-order valence-electron chi connectivity index (χ3n) is 4.59. The van der Waals surface area contributed by atoms with Crippen molar-refractivity contribution in [2.24, 2.45) is 0 Å². The van der Waals surface area contributed by atoms with Gasteiger partial charge in [0, 0.05) is 30.9 Å². The molecule has 0 spiro atoms. The summed E-state index contributed by atoms with van der Waals surface area (Å²) in [6.07, 6.45) is 0.854. The highest BCUT2D eigenvalue weighted by atomic mass is 16.5. The van der Waals surface area contributed by atoms with Crippen LogP contribution in [0, 0.1) is 0 Å². The van der Waals surface area contributed by atoms with Gasteiger partial charge in [-0.05, 0) is 35.0 Å². The van der Waals surface area contributed by atoms with Gasteiger partial charge >= 0.3 is 0 Å². The average molecular weight is 362 g/mol. The second-order valence-electron chi connectivity index (χ2n) is 6.65. The number of nitrogens with zero attached hydrogens (tertiary/aromatic N) is 1. The average Bonchev–Trinajstić information content (AvgIpc) is 2.92. The predicted octanol–water partition coefficient (Wildman–Crippen LogP) is 4.08. The lowest BCUT2D eigenvalue weighted by molar-refractivity contribution is -0.114. The van der Waals surface area contributed by atoms with Crippen molar-refractivity contribution in [2.45, 2.75) is 6.42 Å². The molecule has 1 N–H and O–H groups in total. The van der Waals surface area contributed by atoms with Crippen LogP contribution in [-0.2, 0) is 4.79 Å². The minimum Gasteiger partial charge on any atom is -0.490 e. The van der Waals surface area contributed by atoms with Gasteiger partial charge in [-0.3, -0.25) is 4.79 Å². The van der Waals surface area contributed by atoms with Crippen LogP contribution < -0.4 is 19.7 Å².